The summed E-state index contributed by atoms with van der Waals surface area (Å²) in [6.45, 7) is 6.82. The van der Waals surface area contributed by atoms with Crippen LogP contribution < -0.4 is 0 Å². The first-order chi connectivity index (χ1) is 5.70. The van der Waals surface area contributed by atoms with E-state index in [-0.39, 0.29) is 6.61 Å². The number of halogens is 1. The molecule has 1 N–H and O–H groups in total. The van der Waals surface area contributed by atoms with Crippen LogP contribution >= 0.6 is 15.9 Å². The normalized spacial score (nSPS) is 10.7. The Morgan fingerprint density at radius 2 is 2.25 bits per heavy atom. The molecule has 0 rings (SSSR count). The number of aliphatic hydroxyl groups excluding tert-OH is 1. The second-order valence-electron chi connectivity index (χ2n) is 2.51. The van der Waals surface area contributed by atoms with E-state index in [0.717, 1.165) is 17.6 Å². The van der Waals surface area contributed by atoms with Crippen LogP contribution in [0.2, 0.25) is 0 Å². The number of ether oxygens (including phenoxy) is 1. The van der Waals surface area contributed by atoms with Gasteiger partial charge < -0.3 is 9.84 Å². The van der Waals surface area contributed by atoms with Crippen LogP contribution in [0.3, 0.4) is 0 Å². The van der Waals surface area contributed by atoms with Gasteiger partial charge in [0.15, 0.2) is 0 Å². The Balaban J connectivity index is 3.61. The van der Waals surface area contributed by atoms with Gasteiger partial charge in [-0.15, -0.1) is 0 Å². The summed E-state index contributed by atoms with van der Waals surface area (Å²) >= 11 is 3.28. The molecule has 12 heavy (non-hydrogen) atoms. The highest BCUT2D eigenvalue weighted by Gasteiger charge is 2.03. The molecule has 0 aliphatic rings. The first-order valence-corrected chi connectivity index (χ1v) is 4.65. The topological polar surface area (TPSA) is 32.7 Å². The third kappa shape index (κ3) is 6.79. The standard InChI is InChI=1S/C8H16BrNO2/c1-8(9)7-10(3-5-11)4-6-12-2/h11H,1,3-7H2,2H3. The van der Waals surface area contributed by atoms with Gasteiger partial charge in [-0.3, -0.25) is 4.90 Å². The van der Waals surface area contributed by atoms with E-state index in [0.29, 0.717) is 13.2 Å². The molecule has 0 fully saturated rings. The molecule has 4 heteroatoms. The van der Waals surface area contributed by atoms with Crippen LogP contribution in [0.25, 0.3) is 0 Å². The zero-order valence-electron chi connectivity index (χ0n) is 7.42. The average Bonchev–Trinajstić information content (AvgIpc) is 2.00. The molecule has 0 saturated carbocycles. The Hall–Kier alpha value is 0.1000. The summed E-state index contributed by atoms with van der Waals surface area (Å²) in [4.78, 5) is 2.07. The average molecular weight is 238 g/mol. The predicted molar refractivity (Wildman–Crippen MR) is 53.5 cm³/mol. The van der Waals surface area contributed by atoms with Crippen molar-refractivity contribution in [2.75, 3.05) is 40.0 Å². The molecule has 0 unspecified atom stereocenters. The quantitative estimate of drug-likeness (QED) is 0.713. The molecule has 0 aromatic rings. The van der Waals surface area contributed by atoms with E-state index in [1.54, 1.807) is 7.11 Å². The zero-order valence-corrected chi connectivity index (χ0v) is 9.01. The van der Waals surface area contributed by atoms with Crippen molar-refractivity contribution in [1.29, 1.82) is 0 Å². The van der Waals surface area contributed by atoms with Gasteiger partial charge in [0, 0.05) is 31.2 Å². The summed E-state index contributed by atoms with van der Waals surface area (Å²) in [6.07, 6.45) is 0. The van der Waals surface area contributed by atoms with E-state index in [2.05, 4.69) is 27.4 Å². The van der Waals surface area contributed by atoms with E-state index in [9.17, 15) is 0 Å². The SMILES string of the molecule is C=C(Br)CN(CCO)CCOC. The number of rotatable bonds is 7. The van der Waals surface area contributed by atoms with Gasteiger partial charge in [-0.2, -0.15) is 0 Å². The molecule has 0 atom stereocenters. The molecule has 0 aliphatic carbocycles. The van der Waals surface area contributed by atoms with Crippen molar-refractivity contribution in [2.45, 2.75) is 0 Å². The lowest BCUT2D eigenvalue weighted by Crippen LogP contribution is -2.31. The molecule has 0 amide bonds. The van der Waals surface area contributed by atoms with E-state index in [1.165, 1.54) is 0 Å². The van der Waals surface area contributed by atoms with Crippen molar-refractivity contribution in [1.82, 2.24) is 4.90 Å². The maximum atomic E-state index is 8.72. The molecule has 0 saturated heterocycles. The molecule has 0 heterocycles. The minimum atomic E-state index is 0.171. The summed E-state index contributed by atoms with van der Waals surface area (Å²) < 4.78 is 5.86. The van der Waals surface area contributed by atoms with E-state index >= 15 is 0 Å². The third-order valence-corrected chi connectivity index (χ3v) is 1.67. The lowest BCUT2D eigenvalue weighted by Gasteiger charge is -2.19. The molecule has 0 aliphatic heterocycles. The van der Waals surface area contributed by atoms with Crippen LogP contribution in [0.1, 0.15) is 0 Å². The molecule has 0 bridgehead atoms. The summed E-state index contributed by atoms with van der Waals surface area (Å²) in [7, 11) is 1.67. The van der Waals surface area contributed by atoms with Crippen molar-refractivity contribution in [3.8, 4) is 0 Å². The van der Waals surface area contributed by atoms with Crippen LogP contribution in [-0.2, 0) is 4.74 Å². The highest BCUT2D eigenvalue weighted by atomic mass is 79.9. The zero-order chi connectivity index (χ0) is 9.40. The van der Waals surface area contributed by atoms with Crippen molar-refractivity contribution in [3.63, 3.8) is 0 Å². The largest absolute Gasteiger partial charge is 0.395 e. The van der Waals surface area contributed by atoms with Crippen molar-refractivity contribution in [2.24, 2.45) is 0 Å². The van der Waals surface area contributed by atoms with Gasteiger partial charge >= 0.3 is 0 Å². The molecular formula is C8H16BrNO2. The van der Waals surface area contributed by atoms with Crippen LogP contribution in [0, 0.1) is 0 Å². The monoisotopic (exact) mass is 237 g/mol. The fraction of sp³-hybridized carbons (Fsp3) is 0.750. The lowest BCUT2D eigenvalue weighted by molar-refractivity contribution is 0.138. The second-order valence-corrected chi connectivity index (χ2v) is 3.63. The Morgan fingerprint density at radius 3 is 2.67 bits per heavy atom. The van der Waals surface area contributed by atoms with Gasteiger partial charge in [0.2, 0.25) is 0 Å². The Morgan fingerprint density at radius 1 is 1.58 bits per heavy atom. The summed E-state index contributed by atoms with van der Waals surface area (Å²) in [5.41, 5.74) is 0. The van der Waals surface area contributed by atoms with Crippen molar-refractivity contribution >= 4 is 15.9 Å². The predicted octanol–water partition coefficient (Wildman–Crippen LogP) is 0.836. The highest BCUT2D eigenvalue weighted by Crippen LogP contribution is 2.03. The Labute approximate surface area is 82.1 Å². The van der Waals surface area contributed by atoms with Crippen LogP contribution in [0.4, 0.5) is 0 Å². The Bertz CT molecular complexity index is 130. The van der Waals surface area contributed by atoms with E-state index in [1.807, 2.05) is 0 Å². The number of methoxy groups -OCH3 is 1. The van der Waals surface area contributed by atoms with Gasteiger partial charge in [0.1, 0.15) is 0 Å². The van der Waals surface area contributed by atoms with Crippen LogP contribution in [-0.4, -0.2) is 50.0 Å². The molecule has 0 spiro atoms. The molecular weight excluding hydrogens is 222 g/mol. The number of nitrogens with zero attached hydrogens (tertiary/aromatic N) is 1. The van der Waals surface area contributed by atoms with Gasteiger partial charge in [-0.05, 0) is 0 Å². The molecule has 0 aromatic heterocycles. The summed E-state index contributed by atoms with van der Waals surface area (Å²) in [6, 6.07) is 0. The second kappa shape index (κ2) is 7.73. The van der Waals surface area contributed by atoms with Crippen molar-refractivity contribution in [3.05, 3.63) is 11.1 Å². The maximum absolute atomic E-state index is 8.72. The Kier molecular flexibility index (Phi) is 7.80. The van der Waals surface area contributed by atoms with Crippen LogP contribution in [0.15, 0.2) is 11.1 Å². The van der Waals surface area contributed by atoms with E-state index in [4.69, 9.17) is 9.84 Å². The summed E-state index contributed by atoms with van der Waals surface area (Å²) in [5.74, 6) is 0. The number of hydrogen-bond donors (Lipinski definition) is 1. The van der Waals surface area contributed by atoms with Crippen molar-refractivity contribution < 1.29 is 9.84 Å². The smallest absolute Gasteiger partial charge is 0.0589 e. The summed E-state index contributed by atoms with van der Waals surface area (Å²) in [5, 5.41) is 8.72. The van der Waals surface area contributed by atoms with Gasteiger partial charge in [0.05, 0.1) is 13.2 Å². The van der Waals surface area contributed by atoms with Gasteiger partial charge in [-0.25, -0.2) is 0 Å². The van der Waals surface area contributed by atoms with Crippen LogP contribution in [0.5, 0.6) is 0 Å². The minimum Gasteiger partial charge on any atom is -0.395 e. The first-order valence-electron chi connectivity index (χ1n) is 3.86. The number of hydrogen-bond acceptors (Lipinski definition) is 3. The maximum Gasteiger partial charge on any atom is 0.0589 e. The van der Waals surface area contributed by atoms with Gasteiger partial charge in [-0.1, -0.05) is 22.5 Å². The van der Waals surface area contributed by atoms with Gasteiger partial charge in [0.25, 0.3) is 0 Å². The first kappa shape index (κ1) is 12.1. The molecule has 72 valence electrons. The number of aliphatic hydroxyl groups is 1. The molecule has 0 radical (unpaired) electrons. The third-order valence-electron chi connectivity index (χ3n) is 1.42. The fourth-order valence-corrected chi connectivity index (χ4v) is 1.23. The molecule has 3 nitrogen and oxygen atoms in total. The minimum absolute atomic E-state index is 0.171. The molecule has 0 aromatic carbocycles. The fourth-order valence-electron chi connectivity index (χ4n) is 0.874. The van der Waals surface area contributed by atoms with E-state index < -0.39 is 0 Å². The highest BCUT2D eigenvalue weighted by molar-refractivity contribution is 9.11. The lowest BCUT2D eigenvalue weighted by atomic mass is 10.4.